The van der Waals surface area contributed by atoms with Gasteiger partial charge in [-0.1, -0.05) is 11.6 Å². The van der Waals surface area contributed by atoms with Crippen molar-refractivity contribution in [3.05, 3.63) is 47.2 Å². The third-order valence-corrected chi connectivity index (χ3v) is 4.98. The molecule has 1 aromatic heterocycles. The first-order chi connectivity index (χ1) is 14.2. The number of halogens is 1. The van der Waals surface area contributed by atoms with Gasteiger partial charge in [0.15, 0.2) is 16.7 Å². The summed E-state index contributed by atoms with van der Waals surface area (Å²) in [6.07, 6.45) is 2.61. The predicted octanol–water partition coefficient (Wildman–Crippen LogP) is 3.33. The van der Waals surface area contributed by atoms with Crippen molar-refractivity contribution in [2.75, 3.05) is 58.9 Å². The quantitative estimate of drug-likeness (QED) is 0.307. The standard InChI is InChI=1S/C21H27ClN4O3/c1-27-18-7-6-16(15-19(18)28-2)21(25-17-5-3-8-23-20(17)22)24-9-4-10-26-11-13-29-14-12-26/h3,5-8,15H,4,9-14H2,1-2H3,(H,24,25). The molecule has 0 aliphatic carbocycles. The summed E-state index contributed by atoms with van der Waals surface area (Å²) in [5.74, 6) is 2.02. The fourth-order valence-electron chi connectivity index (χ4n) is 3.10. The fraction of sp³-hybridized carbons (Fsp3) is 0.429. The van der Waals surface area contributed by atoms with Gasteiger partial charge in [0.2, 0.25) is 0 Å². The van der Waals surface area contributed by atoms with E-state index in [-0.39, 0.29) is 0 Å². The molecule has 1 fully saturated rings. The van der Waals surface area contributed by atoms with Gasteiger partial charge in [0.05, 0.1) is 33.1 Å². The number of benzene rings is 1. The average Bonchev–Trinajstić information content (AvgIpc) is 2.77. The second-order valence-electron chi connectivity index (χ2n) is 6.57. The van der Waals surface area contributed by atoms with Gasteiger partial charge in [-0.05, 0) is 36.8 Å². The summed E-state index contributed by atoms with van der Waals surface area (Å²) in [4.78, 5) is 11.3. The summed E-state index contributed by atoms with van der Waals surface area (Å²) in [5, 5.41) is 3.71. The van der Waals surface area contributed by atoms with Crippen LogP contribution in [0.5, 0.6) is 11.5 Å². The van der Waals surface area contributed by atoms with Crippen LogP contribution in [0.2, 0.25) is 5.15 Å². The Bertz CT molecular complexity index is 825. The monoisotopic (exact) mass is 418 g/mol. The maximum atomic E-state index is 6.23. The van der Waals surface area contributed by atoms with Crippen LogP contribution in [0.4, 0.5) is 5.69 Å². The van der Waals surface area contributed by atoms with Gasteiger partial charge in [-0.2, -0.15) is 0 Å². The van der Waals surface area contributed by atoms with Crippen LogP contribution in [0.25, 0.3) is 0 Å². The first-order valence-corrected chi connectivity index (χ1v) is 10.0. The number of hydrogen-bond donors (Lipinski definition) is 1. The van der Waals surface area contributed by atoms with Crippen LogP contribution >= 0.6 is 11.6 Å². The summed E-state index contributed by atoms with van der Waals surface area (Å²) in [6, 6.07) is 9.42. The summed E-state index contributed by atoms with van der Waals surface area (Å²) >= 11 is 6.23. The zero-order chi connectivity index (χ0) is 20.5. The van der Waals surface area contributed by atoms with Gasteiger partial charge in [0.25, 0.3) is 0 Å². The Labute approximate surface area is 176 Å². The minimum atomic E-state index is 0.397. The topological polar surface area (TPSA) is 68.2 Å². The molecule has 3 rings (SSSR count). The predicted molar refractivity (Wildman–Crippen MR) is 116 cm³/mol. The molecule has 1 N–H and O–H groups in total. The molecule has 29 heavy (non-hydrogen) atoms. The van der Waals surface area contributed by atoms with Crippen molar-refractivity contribution in [2.24, 2.45) is 4.99 Å². The number of anilines is 1. The number of aliphatic imine (C=N–C) groups is 1. The maximum Gasteiger partial charge on any atom is 0.161 e. The van der Waals surface area contributed by atoms with Crippen molar-refractivity contribution in [1.82, 2.24) is 9.88 Å². The minimum Gasteiger partial charge on any atom is -0.493 e. The molecule has 0 saturated carbocycles. The van der Waals surface area contributed by atoms with Crippen LogP contribution in [-0.4, -0.2) is 69.3 Å². The molecule has 2 heterocycles. The van der Waals surface area contributed by atoms with Crippen molar-refractivity contribution in [1.29, 1.82) is 0 Å². The van der Waals surface area contributed by atoms with E-state index in [1.165, 1.54) is 0 Å². The van der Waals surface area contributed by atoms with Crippen molar-refractivity contribution < 1.29 is 14.2 Å². The molecule has 0 spiro atoms. The lowest BCUT2D eigenvalue weighted by Gasteiger charge is -2.26. The lowest BCUT2D eigenvalue weighted by Crippen LogP contribution is -2.37. The largest absolute Gasteiger partial charge is 0.493 e. The van der Waals surface area contributed by atoms with Gasteiger partial charge in [-0.15, -0.1) is 0 Å². The summed E-state index contributed by atoms with van der Waals surface area (Å²) in [7, 11) is 3.23. The Balaban J connectivity index is 1.76. The molecule has 1 saturated heterocycles. The average molecular weight is 419 g/mol. The van der Waals surface area contributed by atoms with E-state index in [4.69, 9.17) is 30.8 Å². The van der Waals surface area contributed by atoms with Gasteiger partial charge in [-0.3, -0.25) is 9.89 Å². The number of hydrogen-bond acceptors (Lipinski definition) is 6. The minimum absolute atomic E-state index is 0.397. The van der Waals surface area contributed by atoms with Gasteiger partial charge in [0.1, 0.15) is 5.84 Å². The highest BCUT2D eigenvalue weighted by molar-refractivity contribution is 6.32. The van der Waals surface area contributed by atoms with Crippen LogP contribution in [0.3, 0.4) is 0 Å². The van der Waals surface area contributed by atoms with Crippen molar-refractivity contribution in [3.8, 4) is 11.5 Å². The third kappa shape index (κ3) is 6.06. The molecule has 1 aliphatic heterocycles. The SMILES string of the molecule is COc1ccc(C(=NCCCN2CCOCC2)Nc2cccnc2Cl)cc1OC. The first kappa shape index (κ1) is 21.4. The number of rotatable bonds is 8. The van der Waals surface area contributed by atoms with Crippen LogP contribution in [0.1, 0.15) is 12.0 Å². The molecule has 0 bridgehead atoms. The van der Waals surface area contributed by atoms with Crippen LogP contribution < -0.4 is 14.8 Å². The van der Waals surface area contributed by atoms with Gasteiger partial charge in [-0.25, -0.2) is 4.98 Å². The summed E-state index contributed by atoms with van der Waals surface area (Å²) in [5.41, 5.74) is 1.59. The Morgan fingerprint density at radius 2 is 2.00 bits per heavy atom. The molecule has 0 unspecified atom stereocenters. The Morgan fingerprint density at radius 1 is 1.21 bits per heavy atom. The maximum absolute atomic E-state index is 6.23. The third-order valence-electron chi connectivity index (χ3n) is 4.68. The molecule has 0 radical (unpaired) electrons. The van der Waals surface area contributed by atoms with Gasteiger partial charge in [0, 0.05) is 37.9 Å². The summed E-state index contributed by atoms with van der Waals surface area (Å²) < 4.78 is 16.2. The van der Waals surface area contributed by atoms with Crippen molar-refractivity contribution in [2.45, 2.75) is 6.42 Å². The smallest absolute Gasteiger partial charge is 0.161 e. The highest BCUT2D eigenvalue weighted by atomic mass is 35.5. The Morgan fingerprint density at radius 3 is 2.72 bits per heavy atom. The molecule has 1 aromatic carbocycles. The number of pyridine rings is 1. The zero-order valence-corrected chi connectivity index (χ0v) is 17.6. The van der Waals surface area contributed by atoms with E-state index in [1.807, 2.05) is 30.3 Å². The van der Waals surface area contributed by atoms with Crippen LogP contribution in [0.15, 0.2) is 41.5 Å². The fourth-order valence-corrected chi connectivity index (χ4v) is 3.27. The number of nitrogens with zero attached hydrogens (tertiary/aromatic N) is 3. The van der Waals surface area contributed by atoms with E-state index in [9.17, 15) is 0 Å². The lowest BCUT2D eigenvalue weighted by molar-refractivity contribution is 0.0377. The highest BCUT2D eigenvalue weighted by Gasteiger charge is 2.12. The molecular formula is C21H27ClN4O3. The number of nitrogens with one attached hydrogen (secondary N) is 1. The molecule has 2 aromatic rings. The molecule has 7 nitrogen and oxygen atoms in total. The second-order valence-corrected chi connectivity index (χ2v) is 6.93. The molecular weight excluding hydrogens is 392 g/mol. The zero-order valence-electron chi connectivity index (χ0n) is 16.9. The molecule has 156 valence electrons. The Hall–Kier alpha value is -2.35. The molecule has 0 amide bonds. The number of amidine groups is 1. The Kier molecular flexibility index (Phi) is 8.10. The summed E-state index contributed by atoms with van der Waals surface area (Å²) in [6.45, 7) is 5.26. The number of aromatic nitrogens is 1. The lowest BCUT2D eigenvalue weighted by atomic mass is 10.1. The van der Waals surface area contributed by atoms with E-state index >= 15 is 0 Å². The molecule has 1 aliphatic rings. The van der Waals surface area contributed by atoms with E-state index in [2.05, 4.69) is 15.2 Å². The van der Waals surface area contributed by atoms with Gasteiger partial charge < -0.3 is 19.5 Å². The number of ether oxygens (including phenoxy) is 3. The molecule has 8 heteroatoms. The second kappa shape index (κ2) is 11.0. The molecule has 0 atom stereocenters. The highest BCUT2D eigenvalue weighted by Crippen LogP contribution is 2.28. The van der Waals surface area contributed by atoms with Crippen LogP contribution in [-0.2, 0) is 4.74 Å². The van der Waals surface area contributed by atoms with Crippen molar-refractivity contribution >= 4 is 23.1 Å². The first-order valence-electron chi connectivity index (χ1n) is 9.65. The van der Waals surface area contributed by atoms with Crippen molar-refractivity contribution in [3.63, 3.8) is 0 Å². The van der Waals surface area contributed by atoms with E-state index in [0.29, 0.717) is 34.7 Å². The number of morpholine rings is 1. The number of methoxy groups -OCH3 is 2. The van der Waals surface area contributed by atoms with E-state index in [0.717, 1.165) is 44.8 Å². The van der Waals surface area contributed by atoms with E-state index < -0.39 is 0 Å². The normalized spacial score (nSPS) is 15.2. The van der Waals surface area contributed by atoms with Crippen LogP contribution in [0, 0.1) is 0 Å². The van der Waals surface area contributed by atoms with Gasteiger partial charge >= 0.3 is 0 Å². The van der Waals surface area contributed by atoms with E-state index in [1.54, 1.807) is 20.4 Å².